The second-order valence-corrected chi connectivity index (χ2v) is 7.58. The van der Waals surface area contributed by atoms with Crippen molar-refractivity contribution in [2.75, 3.05) is 0 Å². The fourth-order valence-electron chi connectivity index (χ4n) is 4.14. The first-order valence-corrected chi connectivity index (χ1v) is 9.20. The van der Waals surface area contributed by atoms with Gasteiger partial charge in [0, 0.05) is 10.4 Å². The van der Waals surface area contributed by atoms with E-state index in [4.69, 9.17) is 0 Å². The van der Waals surface area contributed by atoms with E-state index in [0.29, 0.717) is 11.1 Å². The lowest BCUT2D eigenvalue weighted by atomic mass is 9.74. The van der Waals surface area contributed by atoms with E-state index in [1.165, 1.54) is 0 Å². The summed E-state index contributed by atoms with van der Waals surface area (Å²) in [5, 5.41) is 0. The van der Waals surface area contributed by atoms with Gasteiger partial charge in [-0.25, -0.2) is 0 Å². The lowest BCUT2D eigenvalue weighted by Crippen LogP contribution is -2.41. The Hall–Kier alpha value is -2.07. The molecule has 0 nitrogen and oxygen atoms in total. The molecule has 0 amide bonds. The predicted octanol–water partition coefficient (Wildman–Crippen LogP) is 6.83. The first-order chi connectivity index (χ1) is 12.4. The smallest absolute Gasteiger partial charge is 0.170 e. The third-order valence-electron chi connectivity index (χ3n) is 5.33. The lowest BCUT2D eigenvalue weighted by molar-refractivity contribution is -0.178. The molecule has 1 aliphatic rings. The van der Waals surface area contributed by atoms with Crippen molar-refractivity contribution in [2.45, 2.75) is 23.9 Å². The Kier molecular flexibility index (Phi) is 4.19. The van der Waals surface area contributed by atoms with Gasteiger partial charge in [-0.05, 0) is 40.8 Å². The molecule has 0 spiro atoms. The lowest BCUT2D eigenvalue weighted by Gasteiger charge is -2.34. The molecule has 4 heteroatoms. The Morgan fingerprint density at radius 3 is 2.08 bits per heavy atom. The van der Waals surface area contributed by atoms with Crippen molar-refractivity contribution in [1.82, 2.24) is 0 Å². The minimum absolute atomic E-state index is 0.0124. The van der Waals surface area contributed by atoms with Crippen LogP contribution in [0.4, 0.5) is 13.2 Å². The van der Waals surface area contributed by atoms with Crippen LogP contribution in [-0.2, 0) is 5.41 Å². The Morgan fingerprint density at radius 2 is 1.42 bits per heavy atom. The third-order valence-corrected chi connectivity index (χ3v) is 5.86. The molecular formula is C22H16BrF3. The highest BCUT2D eigenvalue weighted by molar-refractivity contribution is 9.10. The van der Waals surface area contributed by atoms with Gasteiger partial charge >= 0.3 is 6.18 Å². The summed E-state index contributed by atoms with van der Waals surface area (Å²) in [5.41, 5.74) is 0.343. The molecule has 1 aliphatic carbocycles. The molecule has 2 atom stereocenters. The zero-order valence-corrected chi connectivity index (χ0v) is 15.4. The summed E-state index contributed by atoms with van der Waals surface area (Å²) in [6.45, 7) is 0. The second-order valence-electron chi connectivity index (χ2n) is 6.66. The number of hydrogen-bond acceptors (Lipinski definition) is 0. The summed E-state index contributed by atoms with van der Waals surface area (Å²) < 4.78 is 44.4. The summed E-state index contributed by atoms with van der Waals surface area (Å²) in [4.78, 5) is 0. The van der Waals surface area contributed by atoms with Gasteiger partial charge in [0.25, 0.3) is 0 Å². The third kappa shape index (κ3) is 2.59. The van der Waals surface area contributed by atoms with E-state index < -0.39 is 11.6 Å². The summed E-state index contributed by atoms with van der Waals surface area (Å²) in [5.74, 6) is -0.280. The van der Waals surface area contributed by atoms with E-state index in [0.717, 1.165) is 15.6 Å². The molecule has 0 heterocycles. The molecule has 3 aromatic rings. The number of fused-ring (bicyclic) bond motifs is 1. The molecule has 0 saturated heterocycles. The van der Waals surface area contributed by atoms with Crippen LogP contribution >= 0.6 is 15.9 Å². The summed E-state index contributed by atoms with van der Waals surface area (Å²) >= 11 is 3.32. The molecular weight excluding hydrogens is 401 g/mol. The van der Waals surface area contributed by atoms with Crippen molar-refractivity contribution in [3.05, 3.63) is 106 Å². The number of benzene rings is 3. The fraction of sp³-hybridized carbons (Fsp3) is 0.182. The quantitative estimate of drug-likeness (QED) is 0.429. The Balaban J connectivity index is 1.97. The van der Waals surface area contributed by atoms with Gasteiger partial charge in [0.15, 0.2) is 0 Å². The van der Waals surface area contributed by atoms with Crippen LogP contribution in [0.3, 0.4) is 0 Å². The minimum atomic E-state index is -4.39. The van der Waals surface area contributed by atoms with E-state index in [9.17, 15) is 13.2 Å². The van der Waals surface area contributed by atoms with Gasteiger partial charge in [-0.3, -0.25) is 0 Å². The van der Waals surface area contributed by atoms with E-state index in [2.05, 4.69) is 15.9 Å². The van der Waals surface area contributed by atoms with E-state index >= 15 is 0 Å². The highest BCUT2D eigenvalue weighted by Crippen LogP contribution is 2.59. The van der Waals surface area contributed by atoms with Gasteiger partial charge < -0.3 is 0 Å². The molecule has 0 N–H and O–H groups in total. The zero-order chi connectivity index (χ0) is 18.4. The summed E-state index contributed by atoms with van der Waals surface area (Å²) in [6.07, 6.45) is -4.40. The van der Waals surface area contributed by atoms with Crippen LogP contribution in [0, 0.1) is 0 Å². The maximum absolute atomic E-state index is 14.6. The van der Waals surface area contributed by atoms with Gasteiger partial charge in [0.2, 0.25) is 0 Å². The molecule has 0 radical (unpaired) electrons. The van der Waals surface area contributed by atoms with Crippen molar-refractivity contribution in [1.29, 1.82) is 0 Å². The van der Waals surface area contributed by atoms with Gasteiger partial charge in [-0.2, -0.15) is 13.2 Å². The molecule has 0 unspecified atom stereocenters. The van der Waals surface area contributed by atoms with Crippen LogP contribution < -0.4 is 0 Å². The van der Waals surface area contributed by atoms with Gasteiger partial charge in [0.1, 0.15) is 5.41 Å². The first kappa shape index (κ1) is 17.3. The van der Waals surface area contributed by atoms with Crippen molar-refractivity contribution >= 4 is 15.9 Å². The maximum Gasteiger partial charge on any atom is 0.402 e. The number of alkyl halides is 3. The second kappa shape index (κ2) is 6.27. The van der Waals surface area contributed by atoms with Crippen LogP contribution in [0.15, 0.2) is 83.3 Å². The van der Waals surface area contributed by atoms with Crippen molar-refractivity contribution in [3.8, 4) is 0 Å². The van der Waals surface area contributed by atoms with Crippen LogP contribution in [0.5, 0.6) is 0 Å². The highest BCUT2D eigenvalue weighted by Gasteiger charge is 2.61. The van der Waals surface area contributed by atoms with Gasteiger partial charge in [-0.1, -0.05) is 82.7 Å². The van der Waals surface area contributed by atoms with Crippen LogP contribution in [0.1, 0.15) is 34.6 Å². The topological polar surface area (TPSA) is 0 Å². The van der Waals surface area contributed by atoms with Crippen molar-refractivity contribution in [3.63, 3.8) is 0 Å². The van der Waals surface area contributed by atoms with E-state index in [-0.39, 0.29) is 12.3 Å². The van der Waals surface area contributed by atoms with Gasteiger partial charge in [0.05, 0.1) is 0 Å². The molecule has 26 heavy (non-hydrogen) atoms. The zero-order valence-electron chi connectivity index (χ0n) is 13.8. The molecule has 0 bridgehead atoms. The molecule has 0 aliphatic heterocycles. The van der Waals surface area contributed by atoms with E-state index in [1.807, 2.05) is 42.5 Å². The molecule has 132 valence electrons. The molecule has 0 saturated carbocycles. The average molecular weight is 417 g/mol. The van der Waals surface area contributed by atoms with E-state index in [1.54, 1.807) is 36.4 Å². The van der Waals surface area contributed by atoms with Crippen molar-refractivity contribution in [2.24, 2.45) is 0 Å². The van der Waals surface area contributed by atoms with Crippen LogP contribution in [-0.4, -0.2) is 6.18 Å². The van der Waals surface area contributed by atoms with Crippen LogP contribution in [0.25, 0.3) is 0 Å². The normalized spacial score (nSPS) is 22.2. The Morgan fingerprint density at radius 1 is 0.808 bits per heavy atom. The minimum Gasteiger partial charge on any atom is -0.170 e. The Labute approximate surface area is 158 Å². The number of rotatable bonds is 2. The number of halogens is 4. The molecule has 4 rings (SSSR count). The summed E-state index contributed by atoms with van der Waals surface area (Å²) in [6, 6.07) is 23.0. The summed E-state index contributed by atoms with van der Waals surface area (Å²) in [7, 11) is 0. The van der Waals surface area contributed by atoms with Crippen molar-refractivity contribution < 1.29 is 13.2 Å². The highest BCUT2D eigenvalue weighted by atomic mass is 79.9. The predicted molar refractivity (Wildman–Crippen MR) is 100 cm³/mol. The Bertz CT molecular complexity index is 916. The molecule has 0 fully saturated rings. The van der Waals surface area contributed by atoms with Crippen LogP contribution in [0.2, 0.25) is 0 Å². The SMILES string of the molecule is FC(F)(F)[C@@]1(c2ccc(Br)cc2)C[C@@H](c2ccccc2)c2ccccc21. The number of hydrogen-bond donors (Lipinski definition) is 0. The molecule has 0 aromatic heterocycles. The first-order valence-electron chi connectivity index (χ1n) is 8.40. The largest absolute Gasteiger partial charge is 0.402 e. The monoisotopic (exact) mass is 416 g/mol. The van der Waals surface area contributed by atoms with Gasteiger partial charge in [-0.15, -0.1) is 0 Å². The standard InChI is InChI=1S/C22H16BrF3/c23-17-12-10-16(11-13-17)21(22(24,25)26)14-19(15-6-2-1-3-7-15)18-8-4-5-9-20(18)21/h1-13,19H,14H2/t19-,21+/m0/s1. The maximum atomic E-state index is 14.6. The molecule has 3 aromatic carbocycles. The fourth-order valence-corrected chi connectivity index (χ4v) is 4.40. The average Bonchev–Trinajstić information content (AvgIpc) is 3.00.